The number of likely N-dealkylation sites (N-methyl/N-ethyl adjacent to an activating group) is 1. The van der Waals surface area contributed by atoms with E-state index < -0.39 is 29.9 Å². The quantitative estimate of drug-likeness (QED) is 0.0739. The smallest absolute Gasteiger partial charge is 0.411 e. The van der Waals surface area contributed by atoms with E-state index >= 15 is 0 Å². The van der Waals surface area contributed by atoms with Crippen LogP contribution in [-0.2, 0) is 20.8 Å². The van der Waals surface area contributed by atoms with Gasteiger partial charge < -0.3 is 44.7 Å². The molecule has 1 heterocycles. The van der Waals surface area contributed by atoms with Crippen LogP contribution in [0.2, 0.25) is 5.02 Å². The normalized spacial score (nSPS) is 19.0. The number of phenols is 1. The molecule has 0 aliphatic heterocycles. The molecule has 2 aliphatic rings. The molecule has 6 N–H and O–H groups in total. The standard InChI is InChI=1S/C42H51ClN4O9/c1-47(29-12-10-28(11-13-29)42(18-6-7-19-42)56-40(52)39(51)26-8-4-3-5-9-26)20-21-55-41(53)45-33-23-36(54-2)27(22-32(33)43)24-44-25-35(49)30-14-16-34(48)38-31(30)15-17-37(50)46-38/h3-5,8-9,14-17,22-23,28-29,35,39,44,48-49,51H,6-7,10-13,18-21,24-25H2,1-2H3,(H,45,53)(H,46,50)/t28?,29?,35?,39-/m1/s1. The summed E-state index contributed by atoms with van der Waals surface area (Å²) in [5, 5.41) is 38.5. The lowest BCUT2D eigenvalue weighted by atomic mass is 9.74. The number of hydrogen-bond donors (Lipinski definition) is 6. The molecule has 2 aliphatic carbocycles. The zero-order chi connectivity index (χ0) is 39.8. The lowest BCUT2D eigenvalue weighted by Crippen LogP contribution is -2.46. The average molecular weight is 791 g/mol. The summed E-state index contributed by atoms with van der Waals surface area (Å²) in [5.74, 6) is 0.0448. The molecule has 6 rings (SSSR count). The number of H-pyrrole nitrogens is 1. The third kappa shape index (κ3) is 9.64. The highest BCUT2D eigenvalue weighted by atomic mass is 35.5. The van der Waals surface area contributed by atoms with Gasteiger partial charge in [0.25, 0.3) is 0 Å². The minimum atomic E-state index is -1.29. The van der Waals surface area contributed by atoms with Crippen LogP contribution in [-0.4, -0.2) is 82.8 Å². The molecule has 0 bridgehead atoms. The van der Waals surface area contributed by atoms with Gasteiger partial charge in [0.15, 0.2) is 6.10 Å². The maximum Gasteiger partial charge on any atom is 0.411 e. The maximum absolute atomic E-state index is 13.1. The molecule has 300 valence electrons. The summed E-state index contributed by atoms with van der Waals surface area (Å²) in [6, 6.07) is 18.4. The van der Waals surface area contributed by atoms with Crippen molar-refractivity contribution in [3.63, 3.8) is 0 Å². The molecule has 2 fully saturated rings. The van der Waals surface area contributed by atoms with Crippen LogP contribution in [0.25, 0.3) is 10.9 Å². The number of methoxy groups -OCH3 is 1. The number of carbonyl (C=O) groups excluding carboxylic acids is 2. The number of pyridine rings is 1. The van der Waals surface area contributed by atoms with Gasteiger partial charge in [0.1, 0.15) is 23.7 Å². The van der Waals surface area contributed by atoms with Gasteiger partial charge in [0.05, 0.1) is 29.4 Å². The number of carbonyl (C=O) groups is 2. The monoisotopic (exact) mass is 790 g/mol. The van der Waals surface area contributed by atoms with E-state index in [9.17, 15) is 29.7 Å². The lowest BCUT2D eigenvalue weighted by Gasteiger charge is -2.43. The highest BCUT2D eigenvalue weighted by molar-refractivity contribution is 6.33. The van der Waals surface area contributed by atoms with Crippen molar-refractivity contribution in [1.29, 1.82) is 0 Å². The highest BCUT2D eigenvalue weighted by Crippen LogP contribution is 2.46. The Balaban J connectivity index is 0.946. The fourth-order valence-corrected chi connectivity index (χ4v) is 8.50. The number of aromatic nitrogens is 1. The van der Waals surface area contributed by atoms with E-state index in [1.54, 1.807) is 48.5 Å². The molecule has 3 aromatic carbocycles. The second-order valence-electron chi connectivity index (χ2n) is 14.8. The minimum absolute atomic E-state index is 0.0854. The summed E-state index contributed by atoms with van der Waals surface area (Å²) in [7, 11) is 3.53. The van der Waals surface area contributed by atoms with Gasteiger partial charge in [0, 0.05) is 48.8 Å². The first-order chi connectivity index (χ1) is 27.0. The Morgan fingerprint density at radius 3 is 2.46 bits per heavy atom. The molecule has 0 radical (unpaired) electrons. The zero-order valence-corrected chi connectivity index (χ0v) is 32.5. The number of ether oxygens (including phenoxy) is 3. The molecule has 1 aromatic heterocycles. The predicted molar refractivity (Wildman–Crippen MR) is 213 cm³/mol. The van der Waals surface area contributed by atoms with Crippen molar-refractivity contribution < 1.29 is 39.1 Å². The van der Waals surface area contributed by atoms with E-state index in [4.69, 9.17) is 25.8 Å². The van der Waals surface area contributed by atoms with E-state index in [0.29, 0.717) is 46.1 Å². The van der Waals surface area contributed by atoms with Crippen LogP contribution in [0.15, 0.2) is 71.5 Å². The van der Waals surface area contributed by atoms with Gasteiger partial charge in [-0.15, -0.1) is 0 Å². The number of anilines is 1. The second kappa shape index (κ2) is 18.5. The van der Waals surface area contributed by atoms with E-state index in [-0.39, 0.29) is 47.5 Å². The Morgan fingerprint density at radius 1 is 1.02 bits per heavy atom. The minimum Gasteiger partial charge on any atom is -0.506 e. The summed E-state index contributed by atoms with van der Waals surface area (Å²) >= 11 is 6.55. The van der Waals surface area contributed by atoms with E-state index in [2.05, 4.69) is 20.5 Å². The van der Waals surface area contributed by atoms with Gasteiger partial charge in [-0.3, -0.25) is 10.1 Å². The van der Waals surface area contributed by atoms with Crippen LogP contribution in [0.5, 0.6) is 11.5 Å². The van der Waals surface area contributed by atoms with Gasteiger partial charge in [-0.1, -0.05) is 48.0 Å². The Kier molecular flexibility index (Phi) is 13.6. The summed E-state index contributed by atoms with van der Waals surface area (Å²) in [5.41, 5.74) is 1.46. The van der Waals surface area contributed by atoms with Crippen molar-refractivity contribution in [3.05, 3.63) is 98.8 Å². The number of aliphatic hydroxyl groups is 2. The van der Waals surface area contributed by atoms with Gasteiger partial charge >= 0.3 is 12.1 Å². The number of amides is 1. The van der Waals surface area contributed by atoms with Crippen molar-refractivity contribution >= 4 is 40.3 Å². The van der Waals surface area contributed by atoms with Crippen LogP contribution in [0.1, 0.15) is 80.3 Å². The Bertz CT molecular complexity index is 2030. The Hall–Kier alpha value is -4.66. The fraction of sp³-hybridized carbons (Fsp3) is 0.452. The summed E-state index contributed by atoms with van der Waals surface area (Å²) in [6.07, 6.45) is 4.44. The number of hydrogen-bond acceptors (Lipinski definition) is 11. The molecule has 13 nitrogen and oxygen atoms in total. The molecule has 2 saturated carbocycles. The van der Waals surface area contributed by atoms with Crippen LogP contribution in [0, 0.1) is 5.92 Å². The number of esters is 1. The van der Waals surface area contributed by atoms with Gasteiger partial charge in [-0.05, 0) is 93.7 Å². The zero-order valence-electron chi connectivity index (χ0n) is 31.8. The second-order valence-corrected chi connectivity index (χ2v) is 15.2. The van der Waals surface area contributed by atoms with Crippen molar-refractivity contribution in [3.8, 4) is 11.5 Å². The third-order valence-corrected chi connectivity index (χ3v) is 11.7. The molecule has 2 atom stereocenters. The van der Waals surface area contributed by atoms with Crippen molar-refractivity contribution in [1.82, 2.24) is 15.2 Å². The number of nitrogens with zero attached hydrogens (tertiary/aromatic N) is 1. The lowest BCUT2D eigenvalue weighted by molar-refractivity contribution is -0.178. The number of phenolic OH excluding ortho intramolecular Hbond substituents is 1. The number of halogens is 1. The number of nitrogens with one attached hydrogen (secondary N) is 3. The first-order valence-electron chi connectivity index (χ1n) is 19.2. The molecular formula is C42H51ClN4O9. The number of aromatic hydroxyl groups is 1. The molecule has 14 heteroatoms. The Morgan fingerprint density at radius 2 is 1.75 bits per heavy atom. The van der Waals surface area contributed by atoms with E-state index in [1.165, 1.54) is 19.2 Å². The first-order valence-corrected chi connectivity index (χ1v) is 19.6. The van der Waals surface area contributed by atoms with Gasteiger partial charge in [-0.2, -0.15) is 0 Å². The SMILES string of the molecule is COc1cc(NC(=O)OCCN(C)C2CCC(C3(OC(=O)[C@H](O)c4ccccc4)CCCC3)CC2)c(Cl)cc1CNCC(O)c1ccc(O)c2[nH]c(=O)ccc12. The van der Waals surface area contributed by atoms with Crippen molar-refractivity contribution in [2.75, 3.05) is 39.2 Å². The summed E-state index contributed by atoms with van der Waals surface area (Å²) in [4.78, 5) is 42.4. The molecule has 0 spiro atoms. The molecule has 4 aromatic rings. The first kappa shape index (κ1) is 41.0. The third-order valence-electron chi connectivity index (χ3n) is 11.4. The number of fused-ring (bicyclic) bond motifs is 1. The highest BCUT2D eigenvalue weighted by Gasteiger charge is 2.47. The number of aromatic amines is 1. The van der Waals surface area contributed by atoms with Crippen LogP contribution in [0.3, 0.4) is 0 Å². The van der Waals surface area contributed by atoms with Crippen molar-refractivity contribution in [2.24, 2.45) is 5.92 Å². The molecule has 0 saturated heterocycles. The summed E-state index contributed by atoms with van der Waals surface area (Å²) < 4.78 is 17.2. The van der Waals surface area contributed by atoms with Gasteiger partial charge in [-0.25, -0.2) is 9.59 Å². The Labute approximate surface area is 330 Å². The van der Waals surface area contributed by atoms with Gasteiger partial charge in [0.2, 0.25) is 5.56 Å². The number of benzene rings is 3. The van der Waals surface area contributed by atoms with Crippen LogP contribution in [0.4, 0.5) is 10.5 Å². The topological polar surface area (TPSA) is 183 Å². The van der Waals surface area contributed by atoms with E-state index in [1.807, 2.05) is 13.1 Å². The molecule has 1 amide bonds. The van der Waals surface area contributed by atoms with E-state index in [0.717, 1.165) is 51.4 Å². The molecule has 56 heavy (non-hydrogen) atoms. The fourth-order valence-electron chi connectivity index (χ4n) is 8.27. The largest absolute Gasteiger partial charge is 0.506 e. The molecular weight excluding hydrogens is 740 g/mol. The number of rotatable bonds is 15. The summed E-state index contributed by atoms with van der Waals surface area (Å²) in [6.45, 7) is 1.15. The maximum atomic E-state index is 13.1. The predicted octanol–water partition coefficient (Wildman–Crippen LogP) is 6.35. The van der Waals surface area contributed by atoms with Crippen molar-refractivity contribution in [2.45, 2.75) is 81.8 Å². The molecule has 1 unspecified atom stereocenters. The number of aliphatic hydroxyl groups excluding tert-OH is 2. The van der Waals surface area contributed by atoms with Crippen LogP contribution >= 0.6 is 11.6 Å². The van der Waals surface area contributed by atoms with Crippen LogP contribution < -0.4 is 20.9 Å². The average Bonchev–Trinajstić information content (AvgIpc) is 3.68.